The molecule has 0 bridgehead atoms. The van der Waals surface area contributed by atoms with Crippen LogP contribution < -0.4 is 11.1 Å². The fourth-order valence-corrected chi connectivity index (χ4v) is 1.98. The molecule has 3 nitrogen and oxygen atoms in total. The molecule has 1 aromatic heterocycles. The summed E-state index contributed by atoms with van der Waals surface area (Å²) >= 11 is 1.81. The van der Waals surface area contributed by atoms with Crippen LogP contribution in [0.1, 0.15) is 0 Å². The second kappa shape index (κ2) is 3.33. The Labute approximate surface area is 75.8 Å². The predicted molar refractivity (Wildman–Crippen MR) is 51.2 cm³/mol. The zero-order valence-electron chi connectivity index (χ0n) is 6.66. The van der Waals surface area contributed by atoms with E-state index >= 15 is 0 Å². The molecule has 2 heterocycles. The standard InChI is InChI=1S/C8H11N3S/c9-6-1-2-8(11-3-6)12-7-4-10-5-7/h1-3,7,10H,4-5,9H2. The Morgan fingerprint density at radius 1 is 1.50 bits per heavy atom. The maximum atomic E-state index is 5.52. The molecule has 12 heavy (non-hydrogen) atoms. The van der Waals surface area contributed by atoms with E-state index in [0.717, 1.165) is 23.8 Å². The van der Waals surface area contributed by atoms with Crippen molar-refractivity contribution in [2.45, 2.75) is 10.3 Å². The first-order valence-electron chi connectivity index (χ1n) is 3.93. The lowest BCUT2D eigenvalue weighted by molar-refractivity contribution is 0.543. The van der Waals surface area contributed by atoms with Gasteiger partial charge in [0, 0.05) is 18.3 Å². The molecule has 0 radical (unpaired) electrons. The second-order valence-corrected chi connectivity index (χ2v) is 4.15. The monoisotopic (exact) mass is 181 g/mol. The van der Waals surface area contributed by atoms with Crippen molar-refractivity contribution in [3.63, 3.8) is 0 Å². The van der Waals surface area contributed by atoms with Crippen molar-refractivity contribution < 1.29 is 0 Å². The lowest BCUT2D eigenvalue weighted by Gasteiger charge is -2.25. The van der Waals surface area contributed by atoms with E-state index in [0.29, 0.717) is 5.25 Å². The third-order valence-electron chi connectivity index (χ3n) is 1.79. The fraction of sp³-hybridized carbons (Fsp3) is 0.375. The van der Waals surface area contributed by atoms with Crippen LogP contribution in [0.2, 0.25) is 0 Å². The molecule has 1 aromatic rings. The molecule has 1 saturated heterocycles. The summed E-state index contributed by atoms with van der Waals surface area (Å²) in [7, 11) is 0. The van der Waals surface area contributed by atoms with Crippen molar-refractivity contribution in [1.82, 2.24) is 10.3 Å². The molecule has 2 rings (SSSR count). The number of anilines is 1. The smallest absolute Gasteiger partial charge is 0.0965 e. The highest BCUT2D eigenvalue weighted by Gasteiger charge is 2.17. The Balaban J connectivity index is 1.98. The zero-order valence-corrected chi connectivity index (χ0v) is 7.47. The van der Waals surface area contributed by atoms with Gasteiger partial charge in [-0.05, 0) is 12.1 Å². The Kier molecular flexibility index (Phi) is 2.19. The quantitative estimate of drug-likeness (QED) is 0.706. The van der Waals surface area contributed by atoms with Gasteiger partial charge in [0.1, 0.15) is 0 Å². The molecule has 0 aliphatic carbocycles. The molecule has 0 unspecified atom stereocenters. The third kappa shape index (κ3) is 1.70. The molecule has 1 fully saturated rings. The minimum Gasteiger partial charge on any atom is -0.397 e. The van der Waals surface area contributed by atoms with Crippen molar-refractivity contribution in [3.8, 4) is 0 Å². The van der Waals surface area contributed by atoms with E-state index in [1.165, 1.54) is 0 Å². The summed E-state index contributed by atoms with van der Waals surface area (Å²) in [6.45, 7) is 2.19. The molecule has 0 amide bonds. The van der Waals surface area contributed by atoms with Crippen LogP contribution in [0.3, 0.4) is 0 Å². The summed E-state index contributed by atoms with van der Waals surface area (Å²) in [5.74, 6) is 0. The lowest BCUT2D eigenvalue weighted by atomic mass is 10.3. The molecular formula is C8H11N3S. The maximum absolute atomic E-state index is 5.52. The Hall–Kier alpha value is -0.740. The minimum absolute atomic E-state index is 0.695. The Morgan fingerprint density at radius 3 is 2.83 bits per heavy atom. The van der Waals surface area contributed by atoms with Crippen LogP contribution in [0.25, 0.3) is 0 Å². The molecule has 1 aliphatic rings. The number of hydrogen-bond acceptors (Lipinski definition) is 4. The normalized spacial score (nSPS) is 17.3. The van der Waals surface area contributed by atoms with Gasteiger partial charge < -0.3 is 11.1 Å². The molecule has 0 aromatic carbocycles. The summed E-state index contributed by atoms with van der Waals surface area (Å²) in [6, 6.07) is 3.86. The third-order valence-corrected chi connectivity index (χ3v) is 2.94. The number of nitrogen functional groups attached to an aromatic ring is 1. The number of pyridine rings is 1. The van der Waals surface area contributed by atoms with E-state index in [1.54, 1.807) is 6.20 Å². The van der Waals surface area contributed by atoms with Gasteiger partial charge >= 0.3 is 0 Å². The van der Waals surface area contributed by atoms with Gasteiger partial charge in [-0.3, -0.25) is 0 Å². The van der Waals surface area contributed by atoms with Crippen LogP contribution in [0.15, 0.2) is 23.4 Å². The van der Waals surface area contributed by atoms with Gasteiger partial charge in [0.05, 0.1) is 16.9 Å². The van der Waals surface area contributed by atoms with Crippen LogP contribution >= 0.6 is 11.8 Å². The summed E-state index contributed by atoms with van der Waals surface area (Å²) < 4.78 is 0. The van der Waals surface area contributed by atoms with Gasteiger partial charge in [0.25, 0.3) is 0 Å². The molecule has 4 heteroatoms. The van der Waals surface area contributed by atoms with E-state index in [4.69, 9.17) is 5.73 Å². The van der Waals surface area contributed by atoms with Crippen molar-refractivity contribution in [3.05, 3.63) is 18.3 Å². The van der Waals surface area contributed by atoms with Crippen molar-refractivity contribution >= 4 is 17.4 Å². The Bertz CT molecular complexity index is 256. The van der Waals surface area contributed by atoms with Crippen LogP contribution in [-0.2, 0) is 0 Å². The molecule has 64 valence electrons. The molecule has 3 N–H and O–H groups in total. The topological polar surface area (TPSA) is 50.9 Å². The highest BCUT2D eigenvalue weighted by molar-refractivity contribution is 8.00. The van der Waals surface area contributed by atoms with E-state index in [1.807, 2.05) is 23.9 Å². The first-order chi connectivity index (χ1) is 5.84. The van der Waals surface area contributed by atoms with Crippen LogP contribution in [-0.4, -0.2) is 23.3 Å². The van der Waals surface area contributed by atoms with Crippen molar-refractivity contribution in [2.24, 2.45) is 0 Å². The van der Waals surface area contributed by atoms with E-state index in [9.17, 15) is 0 Å². The fourth-order valence-electron chi connectivity index (χ4n) is 0.978. The highest BCUT2D eigenvalue weighted by atomic mass is 32.2. The van der Waals surface area contributed by atoms with Crippen LogP contribution in [0, 0.1) is 0 Å². The van der Waals surface area contributed by atoms with Gasteiger partial charge in [0.2, 0.25) is 0 Å². The molecule has 0 atom stereocenters. The van der Waals surface area contributed by atoms with Gasteiger partial charge in [-0.1, -0.05) is 0 Å². The number of nitrogens with one attached hydrogen (secondary N) is 1. The number of nitrogens with zero attached hydrogens (tertiary/aromatic N) is 1. The largest absolute Gasteiger partial charge is 0.397 e. The summed E-state index contributed by atoms with van der Waals surface area (Å²) in [6.07, 6.45) is 1.70. The summed E-state index contributed by atoms with van der Waals surface area (Å²) in [5, 5.41) is 4.98. The highest BCUT2D eigenvalue weighted by Crippen LogP contribution is 2.23. The second-order valence-electron chi connectivity index (χ2n) is 2.83. The van der Waals surface area contributed by atoms with E-state index in [-0.39, 0.29) is 0 Å². The number of hydrogen-bond donors (Lipinski definition) is 2. The van der Waals surface area contributed by atoms with Crippen LogP contribution in [0.5, 0.6) is 0 Å². The minimum atomic E-state index is 0.695. The molecule has 0 spiro atoms. The van der Waals surface area contributed by atoms with E-state index in [2.05, 4.69) is 10.3 Å². The van der Waals surface area contributed by atoms with Crippen molar-refractivity contribution in [1.29, 1.82) is 0 Å². The number of nitrogens with two attached hydrogens (primary N) is 1. The number of rotatable bonds is 2. The number of aromatic nitrogens is 1. The average Bonchev–Trinajstić information content (AvgIpc) is 2.00. The van der Waals surface area contributed by atoms with Crippen LogP contribution in [0.4, 0.5) is 5.69 Å². The van der Waals surface area contributed by atoms with Gasteiger partial charge in [0.15, 0.2) is 0 Å². The first kappa shape index (κ1) is 7.89. The summed E-state index contributed by atoms with van der Waals surface area (Å²) in [4.78, 5) is 4.21. The summed E-state index contributed by atoms with van der Waals surface area (Å²) in [5.41, 5.74) is 6.25. The van der Waals surface area contributed by atoms with Gasteiger partial charge in [-0.2, -0.15) is 0 Å². The van der Waals surface area contributed by atoms with Gasteiger partial charge in [-0.25, -0.2) is 4.98 Å². The molecular weight excluding hydrogens is 170 g/mol. The lowest BCUT2D eigenvalue weighted by Crippen LogP contribution is -2.44. The van der Waals surface area contributed by atoms with E-state index < -0.39 is 0 Å². The van der Waals surface area contributed by atoms with Crippen molar-refractivity contribution in [2.75, 3.05) is 18.8 Å². The zero-order chi connectivity index (χ0) is 8.39. The molecule has 1 aliphatic heterocycles. The Morgan fingerprint density at radius 2 is 2.33 bits per heavy atom. The number of thioether (sulfide) groups is 1. The average molecular weight is 181 g/mol. The SMILES string of the molecule is Nc1ccc(SC2CNC2)nc1. The predicted octanol–water partition coefficient (Wildman–Crippen LogP) is 0.728. The van der Waals surface area contributed by atoms with Gasteiger partial charge in [-0.15, -0.1) is 11.8 Å². The molecule has 0 saturated carbocycles. The first-order valence-corrected chi connectivity index (χ1v) is 4.81. The maximum Gasteiger partial charge on any atom is 0.0965 e.